The Balaban J connectivity index is 1.40. The van der Waals surface area contributed by atoms with Gasteiger partial charge in [-0.3, -0.25) is 19.4 Å². The highest BCUT2D eigenvalue weighted by molar-refractivity contribution is 7.89. The Morgan fingerprint density at radius 2 is 0.941 bits per heavy atom. The number of rotatable bonds is 8. The van der Waals surface area contributed by atoms with Crippen LogP contribution in [0.15, 0.2) is 58.3 Å². The number of primary sulfonamides is 2. The minimum atomic E-state index is -3.79. The first kappa shape index (κ1) is 25.7. The minimum Gasteiger partial charge on any atom is -0.325 e. The van der Waals surface area contributed by atoms with Gasteiger partial charge in [0.05, 0.1) is 22.9 Å². The number of nitrogens with two attached hydrogens (primary N) is 2. The van der Waals surface area contributed by atoms with Crippen molar-refractivity contribution in [1.82, 2.24) is 9.80 Å². The molecule has 6 N–H and O–H groups in total. The van der Waals surface area contributed by atoms with E-state index < -0.39 is 20.0 Å². The summed E-state index contributed by atoms with van der Waals surface area (Å²) in [5, 5.41) is 15.5. The number of hydrogen-bond donors (Lipinski definition) is 4. The van der Waals surface area contributed by atoms with Crippen molar-refractivity contribution in [2.45, 2.75) is 9.79 Å². The third-order valence-electron chi connectivity index (χ3n) is 5.13. The van der Waals surface area contributed by atoms with E-state index in [0.717, 1.165) is 0 Å². The van der Waals surface area contributed by atoms with Crippen LogP contribution in [0, 0.1) is 0 Å². The number of amides is 2. The summed E-state index contributed by atoms with van der Waals surface area (Å²) in [5.74, 6) is -0.477. The second-order valence-electron chi connectivity index (χ2n) is 7.79. The number of carbonyl (C=O) groups excluding carboxylic acids is 2. The van der Waals surface area contributed by atoms with Gasteiger partial charge in [0.25, 0.3) is 0 Å². The molecule has 0 atom stereocenters. The van der Waals surface area contributed by atoms with Crippen molar-refractivity contribution in [2.75, 3.05) is 49.9 Å². The molecule has 0 spiro atoms. The van der Waals surface area contributed by atoms with Crippen LogP contribution in [-0.4, -0.2) is 77.7 Å². The SMILES string of the molecule is NS(=O)(=O)c1ccc(NC(=O)CN2CCN(CC(=O)Nc3ccc(S(N)(=O)=O)cc3)CC2)cc1. The van der Waals surface area contributed by atoms with Crippen molar-refractivity contribution in [3.05, 3.63) is 48.5 Å². The maximum atomic E-state index is 12.3. The molecule has 3 rings (SSSR count). The van der Waals surface area contributed by atoms with Gasteiger partial charge in [0.1, 0.15) is 0 Å². The highest BCUT2D eigenvalue weighted by Crippen LogP contribution is 2.14. The van der Waals surface area contributed by atoms with Gasteiger partial charge in [0.15, 0.2) is 0 Å². The molecule has 34 heavy (non-hydrogen) atoms. The summed E-state index contributed by atoms with van der Waals surface area (Å²) in [7, 11) is -7.58. The zero-order valence-electron chi connectivity index (χ0n) is 18.2. The van der Waals surface area contributed by atoms with Gasteiger partial charge in [-0.05, 0) is 48.5 Å². The third kappa shape index (κ3) is 7.58. The standard InChI is InChI=1S/C20H26N6O6S2/c21-33(29,30)17-5-1-15(2-6-17)23-19(27)13-25-9-11-26(12-10-25)14-20(28)24-16-3-7-18(8-4-16)34(22,31)32/h1-8H,9-14H2,(H,23,27)(H,24,28)(H2,21,29,30)(H2,22,31,32). The van der Waals surface area contributed by atoms with Gasteiger partial charge in [-0.15, -0.1) is 0 Å². The first-order chi connectivity index (χ1) is 15.9. The summed E-state index contributed by atoms with van der Waals surface area (Å²) in [4.78, 5) is 28.4. The Morgan fingerprint density at radius 3 is 1.21 bits per heavy atom. The number of nitrogens with zero attached hydrogens (tertiary/aromatic N) is 2. The van der Waals surface area contributed by atoms with Gasteiger partial charge in [0, 0.05) is 37.6 Å². The number of hydrogen-bond acceptors (Lipinski definition) is 8. The topological polar surface area (TPSA) is 185 Å². The van der Waals surface area contributed by atoms with E-state index in [0.29, 0.717) is 37.6 Å². The minimum absolute atomic E-state index is 0.0359. The van der Waals surface area contributed by atoms with E-state index in [-0.39, 0.29) is 34.7 Å². The van der Waals surface area contributed by atoms with E-state index >= 15 is 0 Å². The molecule has 0 unspecified atom stereocenters. The van der Waals surface area contributed by atoms with Crippen LogP contribution in [0.1, 0.15) is 0 Å². The molecule has 0 aromatic heterocycles. The van der Waals surface area contributed by atoms with Crippen LogP contribution in [0.2, 0.25) is 0 Å². The Bertz CT molecular complexity index is 1140. The third-order valence-corrected chi connectivity index (χ3v) is 6.99. The Kier molecular flexibility index (Phi) is 8.01. The number of sulfonamides is 2. The normalized spacial score (nSPS) is 15.6. The van der Waals surface area contributed by atoms with E-state index in [2.05, 4.69) is 10.6 Å². The maximum Gasteiger partial charge on any atom is 0.238 e. The molecule has 1 aliphatic heterocycles. The van der Waals surface area contributed by atoms with E-state index in [9.17, 15) is 26.4 Å². The molecule has 2 amide bonds. The largest absolute Gasteiger partial charge is 0.325 e. The van der Waals surface area contributed by atoms with Crippen LogP contribution in [0.5, 0.6) is 0 Å². The summed E-state index contributed by atoms with van der Waals surface area (Å²) in [6.07, 6.45) is 0. The average Bonchev–Trinajstić information content (AvgIpc) is 2.74. The number of benzene rings is 2. The van der Waals surface area contributed by atoms with Crippen molar-refractivity contribution >= 4 is 43.2 Å². The van der Waals surface area contributed by atoms with Crippen LogP contribution in [-0.2, 0) is 29.6 Å². The maximum absolute atomic E-state index is 12.3. The van der Waals surface area contributed by atoms with Gasteiger partial charge < -0.3 is 10.6 Å². The van der Waals surface area contributed by atoms with Gasteiger partial charge >= 0.3 is 0 Å². The highest BCUT2D eigenvalue weighted by atomic mass is 32.2. The summed E-state index contributed by atoms with van der Waals surface area (Å²) in [6, 6.07) is 11.2. The summed E-state index contributed by atoms with van der Waals surface area (Å²) < 4.78 is 45.2. The molecule has 184 valence electrons. The monoisotopic (exact) mass is 510 g/mol. The predicted molar refractivity (Wildman–Crippen MR) is 126 cm³/mol. The summed E-state index contributed by atoms with van der Waals surface area (Å²) >= 11 is 0. The van der Waals surface area contributed by atoms with Crippen LogP contribution in [0.25, 0.3) is 0 Å². The predicted octanol–water partition coefficient (Wildman–Crippen LogP) is -0.824. The fourth-order valence-electron chi connectivity index (χ4n) is 3.37. The zero-order valence-corrected chi connectivity index (χ0v) is 19.8. The zero-order chi connectivity index (χ0) is 24.9. The van der Waals surface area contributed by atoms with Crippen molar-refractivity contribution in [3.63, 3.8) is 0 Å². The molecular formula is C20H26N6O6S2. The lowest BCUT2D eigenvalue weighted by Crippen LogP contribution is -2.50. The van der Waals surface area contributed by atoms with E-state index in [1.54, 1.807) is 0 Å². The molecule has 14 heteroatoms. The lowest BCUT2D eigenvalue weighted by molar-refractivity contribution is -0.120. The van der Waals surface area contributed by atoms with Gasteiger partial charge in [-0.2, -0.15) is 0 Å². The average molecular weight is 511 g/mol. The van der Waals surface area contributed by atoms with Crippen molar-refractivity contribution in [3.8, 4) is 0 Å². The first-order valence-electron chi connectivity index (χ1n) is 10.2. The Hall–Kier alpha value is -2.88. The summed E-state index contributed by atoms with van der Waals surface area (Å²) in [6.45, 7) is 2.69. The molecule has 2 aromatic rings. The second-order valence-corrected chi connectivity index (χ2v) is 10.9. The quantitative estimate of drug-likeness (QED) is 0.355. The molecule has 0 aliphatic carbocycles. The molecule has 1 aliphatic rings. The van der Waals surface area contributed by atoms with Crippen LogP contribution >= 0.6 is 0 Å². The number of carbonyl (C=O) groups is 2. The number of anilines is 2. The Morgan fingerprint density at radius 1 is 0.647 bits per heavy atom. The fraction of sp³-hybridized carbons (Fsp3) is 0.300. The molecule has 12 nitrogen and oxygen atoms in total. The van der Waals surface area contributed by atoms with E-state index in [1.165, 1.54) is 48.5 Å². The van der Waals surface area contributed by atoms with Gasteiger partial charge in [-0.25, -0.2) is 27.1 Å². The highest BCUT2D eigenvalue weighted by Gasteiger charge is 2.21. The molecule has 0 radical (unpaired) electrons. The molecule has 1 saturated heterocycles. The Labute approximate surface area is 198 Å². The molecule has 1 fully saturated rings. The smallest absolute Gasteiger partial charge is 0.238 e. The van der Waals surface area contributed by atoms with E-state index in [4.69, 9.17) is 10.3 Å². The number of piperazine rings is 1. The molecular weight excluding hydrogens is 484 g/mol. The molecule has 1 heterocycles. The van der Waals surface area contributed by atoms with Crippen molar-refractivity contribution in [1.29, 1.82) is 0 Å². The second kappa shape index (κ2) is 10.6. The van der Waals surface area contributed by atoms with Crippen LogP contribution in [0.3, 0.4) is 0 Å². The molecule has 0 bridgehead atoms. The van der Waals surface area contributed by atoms with Crippen molar-refractivity contribution in [2.24, 2.45) is 10.3 Å². The first-order valence-corrected chi connectivity index (χ1v) is 13.3. The van der Waals surface area contributed by atoms with Gasteiger partial charge in [0.2, 0.25) is 31.9 Å². The summed E-state index contributed by atoms with van der Waals surface area (Å²) in [5.41, 5.74) is 0.926. The lowest BCUT2D eigenvalue weighted by Gasteiger charge is -2.33. The number of nitrogens with one attached hydrogen (secondary N) is 2. The van der Waals surface area contributed by atoms with Crippen LogP contribution < -0.4 is 20.9 Å². The van der Waals surface area contributed by atoms with E-state index in [1.807, 2.05) is 9.80 Å². The van der Waals surface area contributed by atoms with Gasteiger partial charge in [-0.1, -0.05) is 0 Å². The molecule has 0 saturated carbocycles. The van der Waals surface area contributed by atoms with Crippen molar-refractivity contribution < 1.29 is 26.4 Å². The molecule has 2 aromatic carbocycles. The fourth-order valence-corrected chi connectivity index (χ4v) is 4.40. The van der Waals surface area contributed by atoms with Crippen LogP contribution in [0.4, 0.5) is 11.4 Å². The lowest BCUT2D eigenvalue weighted by atomic mass is 10.3.